The summed E-state index contributed by atoms with van der Waals surface area (Å²) in [5.41, 5.74) is 3.28. The molecule has 0 fully saturated rings. The molecule has 2 aromatic carbocycles. The molecule has 0 radical (unpaired) electrons. The smallest absolute Gasteiger partial charge is 0.150 e. The highest BCUT2D eigenvalue weighted by molar-refractivity contribution is 5.74. The van der Waals surface area contributed by atoms with Crippen molar-refractivity contribution in [3.05, 3.63) is 71.3 Å². The number of carbonyl (C=O) groups excluding carboxylic acids is 1. The lowest BCUT2D eigenvalue weighted by Gasteiger charge is -2.14. The highest BCUT2D eigenvalue weighted by atomic mass is 16.1. The van der Waals surface area contributed by atoms with E-state index < -0.39 is 0 Å². The minimum absolute atomic E-state index is 0.405. The Labute approximate surface area is 114 Å². The average Bonchev–Trinajstić information content (AvgIpc) is 2.47. The first kappa shape index (κ1) is 13.5. The van der Waals surface area contributed by atoms with E-state index in [2.05, 4.69) is 36.5 Å². The second-order valence-electron chi connectivity index (χ2n) is 4.83. The molecule has 1 atom stereocenters. The first-order chi connectivity index (χ1) is 9.28. The van der Waals surface area contributed by atoms with Crippen molar-refractivity contribution < 1.29 is 4.79 Å². The molecule has 0 heterocycles. The van der Waals surface area contributed by atoms with Gasteiger partial charge in [0.2, 0.25) is 0 Å². The van der Waals surface area contributed by atoms with Crippen LogP contribution in [0.4, 0.5) is 0 Å². The van der Waals surface area contributed by atoms with Gasteiger partial charge in [-0.2, -0.15) is 0 Å². The standard InChI is InChI=1S/C17H19NO/c1-14(18-12-16-5-3-2-4-6-16)11-15-7-9-17(13-19)10-8-15/h2-10,13-14,18H,11-12H2,1H3. The van der Waals surface area contributed by atoms with Gasteiger partial charge in [-0.25, -0.2) is 0 Å². The lowest BCUT2D eigenvalue weighted by molar-refractivity contribution is 0.112. The summed E-state index contributed by atoms with van der Waals surface area (Å²) in [6.07, 6.45) is 1.84. The van der Waals surface area contributed by atoms with Gasteiger partial charge in [0.25, 0.3) is 0 Å². The van der Waals surface area contributed by atoms with Gasteiger partial charge < -0.3 is 5.32 Å². The Morgan fingerprint density at radius 2 is 1.68 bits per heavy atom. The number of aldehydes is 1. The van der Waals surface area contributed by atoms with Crippen LogP contribution in [-0.2, 0) is 13.0 Å². The van der Waals surface area contributed by atoms with E-state index in [1.165, 1.54) is 11.1 Å². The van der Waals surface area contributed by atoms with Crippen molar-refractivity contribution in [3.8, 4) is 0 Å². The molecule has 98 valence electrons. The number of rotatable bonds is 6. The molecule has 0 aliphatic carbocycles. The molecule has 0 aromatic heterocycles. The summed E-state index contributed by atoms with van der Waals surface area (Å²) < 4.78 is 0. The molecule has 19 heavy (non-hydrogen) atoms. The zero-order valence-corrected chi connectivity index (χ0v) is 11.2. The van der Waals surface area contributed by atoms with Gasteiger partial charge in [-0.3, -0.25) is 4.79 Å². The van der Waals surface area contributed by atoms with Gasteiger partial charge in [-0.05, 0) is 24.5 Å². The van der Waals surface area contributed by atoms with Crippen LogP contribution in [0.25, 0.3) is 0 Å². The quantitative estimate of drug-likeness (QED) is 0.801. The highest BCUT2D eigenvalue weighted by Crippen LogP contribution is 2.06. The lowest BCUT2D eigenvalue weighted by atomic mass is 10.1. The molecule has 0 aliphatic rings. The van der Waals surface area contributed by atoms with Gasteiger partial charge in [0.15, 0.2) is 0 Å². The second kappa shape index (κ2) is 6.86. The fourth-order valence-corrected chi connectivity index (χ4v) is 2.05. The predicted molar refractivity (Wildman–Crippen MR) is 78.3 cm³/mol. The van der Waals surface area contributed by atoms with Crippen LogP contribution in [0.2, 0.25) is 0 Å². The molecule has 2 heteroatoms. The molecular weight excluding hydrogens is 234 g/mol. The summed E-state index contributed by atoms with van der Waals surface area (Å²) >= 11 is 0. The van der Waals surface area contributed by atoms with Crippen molar-refractivity contribution in [3.63, 3.8) is 0 Å². The van der Waals surface area contributed by atoms with Gasteiger partial charge in [0.1, 0.15) is 6.29 Å². The van der Waals surface area contributed by atoms with E-state index in [-0.39, 0.29) is 0 Å². The molecule has 0 amide bonds. The highest BCUT2D eigenvalue weighted by Gasteiger charge is 2.03. The number of benzene rings is 2. The Morgan fingerprint density at radius 1 is 1.00 bits per heavy atom. The summed E-state index contributed by atoms with van der Waals surface area (Å²) in [5, 5.41) is 3.51. The molecular formula is C17H19NO. The van der Waals surface area contributed by atoms with Gasteiger partial charge in [-0.1, -0.05) is 54.6 Å². The number of nitrogens with one attached hydrogen (secondary N) is 1. The Balaban J connectivity index is 1.83. The van der Waals surface area contributed by atoms with Crippen LogP contribution in [0.15, 0.2) is 54.6 Å². The SMILES string of the molecule is CC(Cc1ccc(C=O)cc1)NCc1ccccc1. The number of hydrogen-bond acceptors (Lipinski definition) is 2. The first-order valence-electron chi connectivity index (χ1n) is 6.59. The van der Waals surface area contributed by atoms with E-state index in [0.29, 0.717) is 6.04 Å². The number of carbonyl (C=O) groups is 1. The normalized spacial score (nSPS) is 12.1. The topological polar surface area (TPSA) is 29.1 Å². The number of hydrogen-bond donors (Lipinski definition) is 1. The van der Waals surface area contributed by atoms with Crippen molar-refractivity contribution >= 4 is 6.29 Å². The van der Waals surface area contributed by atoms with E-state index in [9.17, 15) is 4.79 Å². The fourth-order valence-electron chi connectivity index (χ4n) is 2.05. The maximum Gasteiger partial charge on any atom is 0.150 e. The molecule has 0 spiro atoms. The van der Waals surface area contributed by atoms with Crippen LogP contribution < -0.4 is 5.32 Å². The second-order valence-corrected chi connectivity index (χ2v) is 4.83. The zero-order chi connectivity index (χ0) is 13.5. The molecule has 0 saturated carbocycles. The third kappa shape index (κ3) is 4.34. The van der Waals surface area contributed by atoms with E-state index in [4.69, 9.17) is 0 Å². The van der Waals surface area contributed by atoms with Crippen molar-refractivity contribution in [1.82, 2.24) is 5.32 Å². The van der Waals surface area contributed by atoms with Crippen molar-refractivity contribution in [2.45, 2.75) is 25.9 Å². The molecule has 1 unspecified atom stereocenters. The van der Waals surface area contributed by atoms with E-state index in [1.54, 1.807) is 0 Å². The molecule has 0 bridgehead atoms. The fraction of sp³-hybridized carbons (Fsp3) is 0.235. The van der Waals surface area contributed by atoms with Gasteiger partial charge in [0.05, 0.1) is 0 Å². The van der Waals surface area contributed by atoms with Crippen LogP contribution >= 0.6 is 0 Å². The lowest BCUT2D eigenvalue weighted by Crippen LogP contribution is -2.27. The van der Waals surface area contributed by atoms with E-state index in [0.717, 1.165) is 24.8 Å². The van der Waals surface area contributed by atoms with E-state index >= 15 is 0 Å². The maximum absolute atomic E-state index is 10.6. The molecule has 0 saturated heterocycles. The monoisotopic (exact) mass is 253 g/mol. The van der Waals surface area contributed by atoms with Gasteiger partial charge >= 0.3 is 0 Å². The van der Waals surface area contributed by atoms with Crippen molar-refractivity contribution in [2.24, 2.45) is 0 Å². The van der Waals surface area contributed by atoms with Crippen molar-refractivity contribution in [1.29, 1.82) is 0 Å². The van der Waals surface area contributed by atoms with Crippen LogP contribution in [0.1, 0.15) is 28.4 Å². The molecule has 2 aromatic rings. The summed E-state index contributed by atoms with van der Waals surface area (Å²) in [6.45, 7) is 3.06. The van der Waals surface area contributed by atoms with Crippen LogP contribution in [0.3, 0.4) is 0 Å². The Hall–Kier alpha value is -1.93. The largest absolute Gasteiger partial charge is 0.310 e. The van der Waals surface area contributed by atoms with Gasteiger partial charge in [0, 0.05) is 18.2 Å². The maximum atomic E-state index is 10.6. The third-order valence-corrected chi connectivity index (χ3v) is 3.16. The molecule has 2 rings (SSSR count). The summed E-state index contributed by atoms with van der Waals surface area (Å²) in [7, 11) is 0. The third-order valence-electron chi connectivity index (χ3n) is 3.16. The van der Waals surface area contributed by atoms with Crippen LogP contribution in [-0.4, -0.2) is 12.3 Å². The predicted octanol–water partition coefficient (Wildman–Crippen LogP) is 3.22. The minimum atomic E-state index is 0.405. The van der Waals surface area contributed by atoms with Crippen LogP contribution in [0.5, 0.6) is 0 Å². The van der Waals surface area contributed by atoms with Gasteiger partial charge in [-0.15, -0.1) is 0 Å². The Kier molecular flexibility index (Phi) is 4.87. The average molecular weight is 253 g/mol. The summed E-state index contributed by atoms with van der Waals surface area (Å²) in [5.74, 6) is 0. The molecule has 1 N–H and O–H groups in total. The first-order valence-corrected chi connectivity index (χ1v) is 6.59. The zero-order valence-electron chi connectivity index (χ0n) is 11.2. The molecule has 2 nitrogen and oxygen atoms in total. The Morgan fingerprint density at radius 3 is 2.32 bits per heavy atom. The summed E-state index contributed by atoms with van der Waals surface area (Å²) in [4.78, 5) is 10.6. The minimum Gasteiger partial charge on any atom is -0.310 e. The molecule has 0 aliphatic heterocycles. The Bertz CT molecular complexity index is 505. The van der Waals surface area contributed by atoms with Crippen molar-refractivity contribution in [2.75, 3.05) is 0 Å². The van der Waals surface area contributed by atoms with Crippen LogP contribution in [0, 0.1) is 0 Å². The summed E-state index contributed by atoms with van der Waals surface area (Å²) in [6, 6.07) is 18.6. The van der Waals surface area contributed by atoms with E-state index in [1.807, 2.05) is 30.3 Å².